The molecule has 0 aliphatic carbocycles. The number of thioether (sulfide) groups is 1. The summed E-state index contributed by atoms with van der Waals surface area (Å²) in [7, 11) is -3.44. The molecule has 1 aliphatic heterocycles. The summed E-state index contributed by atoms with van der Waals surface area (Å²) in [4.78, 5) is 23.0. The highest BCUT2D eigenvalue weighted by Gasteiger charge is 2.32. The maximum atomic E-state index is 13.1. The number of hydrogen-bond acceptors (Lipinski definition) is 5. The van der Waals surface area contributed by atoms with Crippen molar-refractivity contribution < 1.29 is 13.2 Å². The van der Waals surface area contributed by atoms with Gasteiger partial charge in [-0.2, -0.15) is 11.8 Å². The number of aromatic nitrogens is 2. The van der Waals surface area contributed by atoms with Crippen LogP contribution in [0.2, 0.25) is 0 Å². The average molecular weight is 425 g/mol. The fraction of sp³-hybridized carbons (Fsp3) is 0.579. The summed E-state index contributed by atoms with van der Waals surface area (Å²) in [5.41, 5.74) is 1.92. The third kappa shape index (κ3) is 5.07. The van der Waals surface area contributed by atoms with Crippen molar-refractivity contribution in [2.24, 2.45) is 0 Å². The van der Waals surface area contributed by atoms with E-state index in [-0.39, 0.29) is 17.6 Å². The Bertz CT molecular complexity index is 880. The third-order valence-corrected chi connectivity index (χ3v) is 7.19. The SMILES string of the molecule is CCS(=O)(=O)NC(CCSC)C(=O)N1CCCC(c2nc3ccccc3[nH]2)C1. The molecule has 0 saturated carbocycles. The van der Waals surface area contributed by atoms with Crippen molar-refractivity contribution in [3.8, 4) is 0 Å². The summed E-state index contributed by atoms with van der Waals surface area (Å²) in [6.45, 7) is 2.79. The molecule has 2 heterocycles. The standard InChI is InChI=1S/C19H28N4O3S2/c1-3-28(25,26)22-17(10-12-27-2)19(24)23-11-6-7-14(13-23)18-20-15-8-4-5-9-16(15)21-18/h4-5,8-9,14,17,22H,3,6-7,10-13H2,1-2H3,(H,20,21). The molecule has 7 nitrogen and oxygen atoms in total. The van der Waals surface area contributed by atoms with Gasteiger partial charge in [0.2, 0.25) is 15.9 Å². The summed E-state index contributed by atoms with van der Waals surface area (Å²) in [5.74, 6) is 1.59. The van der Waals surface area contributed by atoms with Crippen LogP contribution >= 0.6 is 11.8 Å². The Morgan fingerprint density at radius 3 is 2.93 bits per heavy atom. The number of imidazole rings is 1. The number of carbonyl (C=O) groups excluding carboxylic acids is 1. The van der Waals surface area contributed by atoms with Crippen LogP contribution in [0.4, 0.5) is 0 Å². The Hall–Kier alpha value is -1.58. The quantitative estimate of drug-likeness (QED) is 0.678. The summed E-state index contributed by atoms with van der Waals surface area (Å²) >= 11 is 1.61. The fourth-order valence-electron chi connectivity index (χ4n) is 3.56. The molecule has 2 aromatic rings. The van der Waals surface area contributed by atoms with Gasteiger partial charge in [-0.15, -0.1) is 0 Å². The highest BCUT2D eigenvalue weighted by Crippen LogP contribution is 2.27. The molecule has 1 saturated heterocycles. The van der Waals surface area contributed by atoms with Crippen molar-refractivity contribution in [2.45, 2.75) is 38.1 Å². The molecular formula is C19H28N4O3S2. The Kier molecular flexibility index (Phi) is 7.00. The molecule has 28 heavy (non-hydrogen) atoms. The molecule has 1 aromatic carbocycles. The van der Waals surface area contributed by atoms with Crippen molar-refractivity contribution in [1.82, 2.24) is 19.6 Å². The van der Waals surface area contributed by atoms with Crippen LogP contribution < -0.4 is 4.72 Å². The van der Waals surface area contributed by atoms with Gasteiger partial charge in [0.15, 0.2) is 0 Å². The number of sulfonamides is 1. The van der Waals surface area contributed by atoms with Gasteiger partial charge in [0, 0.05) is 19.0 Å². The lowest BCUT2D eigenvalue weighted by Crippen LogP contribution is -2.51. The number of H-pyrrole nitrogens is 1. The van der Waals surface area contributed by atoms with Gasteiger partial charge in [0.25, 0.3) is 0 Å². The van der Waals surface area contributed by atoms with E-state index in [1.54, 1.807) is 23.6 Å². The molecule has 1 amide bonds. The van der Waals surface area contributed by atoms with E-state index in [1.807, 2.05) is 30.5 Å². The van der Waals surface area contributed by atoms with Gasteiger partial charge in [-0.1, -0.05) is 12.1 Å². The molecule has 1 aliphatic rings. The van der Waals surface area contributed by atoms with Gasteiger partial charge in [-0.05, 0) is 50.3 Å². The number of nitrogens with zero attached hydrogens (tertiary/aromatic N) is 2. The summed E-state index contributed by atoms with van der Waals surface area (Å²) < 4.78 is 26.7. The van der Waals surface area contributed by atoms with E-state index in [9.17, 15) is 13.2 Å². The summed E-state index contributed by atoms with van der Waals surface area (Å²) in [5, 5.41) is 0. The number of amides is 1. The molecular weight excluding hydrogens is 396 g/mol. The smallest absolute Gasteiger partial charge is 0.240 e. The van der Waals surface area contributed by atoms with E-state index < -0.39 is 16.1 Å². The van der Waals surface area contributed by atoms with Crippen molar-refractivity contribution >= 4 is 38.7 Å². The molecule has 0 spiro atoms. The number of fused-ring (bicyclic) bond motifs is 1. The summed E-state index contributed by atoms with van der Waals surface area (Å²) in [6.07, 6.45) is 4.28. The van der Waals surface area contributed by atoms with Crippen LogP contribution in [-0.2, 0) is 14.8 Å². The lowest BCUT2D eigenvalue weighted by molar-refractivity contribution is -0.134. The Morgan fingerprint density at radius 1 is 1.43 bits per heavy atom. The number of benzene rings is 1. The van der Waals surface area contributed by atoms with Gasteiger partial charge < -0.3 is 9.88 Å². The Morgan fingerprint density at radius 2 is 2.21 bits per heavy atom. The van der Waals surface area contributed by atoms with Crippen LogP contribution in [0.15, 0.2) is 24.3 Å². The van der Waals surface area contributed by atoms with Gasteiger partial charge >= 0.3 is 0 Å². The van der Waals surface area contributed by atoms with E-state index in [0.717, 1.165) is 35.5 Å². The van der Waals surface area contributed by atoms with Gasteiger partial charge in [-0.25, -0.2) is 18.1 Å². The average Bonchev–Trinajstić information content (AvgIpc) is 3.15. The zero-order valence-electron chi connectivity index (χ0n) is 16.3. The van der Waals surface area contributed by atoms with Crippen molar-refractivity contribution in [2.75, 3.05) is 30.9 Å². The second-order valence-electron chi connectivity index (χ2n) is 7.12. The lowest BCUT2D eigenvalue weighted by Gasteiger charge is -2.34. The van der Waals surface area contributed by atoms with Crippen LogP contribution in [-0.4, -0.2) is 66.1 Å². The number of carbonyl (C=O) groups is 1. The van der Waals surface area contributed by atoms with Gasteiger partial charge in [-0.3, -0.25) is 4.79 Å². The predicted octanol–water partition coefficient (Wildman–Crippen LogP) is 2.33. The van der Waals surface area contributed by atoms with Gasteiger partial charge in [0.05, 0.1) is 16.8 Å². The number of para-hydroxylation sites is 2. The fourth-order valence-corrected chi connectivity index (χ4v) is 4.85. The van der Waals surface area contributed by atoms with Crippen LogP contribution in [0.1, 0.15) is 37.9 Å². The van der Waals surface area contributed by atoms with Crippen LogP contribution in [0, 0.1) is 0 Å². The second kappa shape index (κ2) is 9.28. The Balaban J connectivity index is 1.74. The van der Waals surface area contributed by atoms with E-state index >= 15 is 0 Å². The van der Waals surface area contributed by atoms with Crippen LogP contribution in [0.5, 0.6) is 0 Å². The largest absolute Gasteiger partial charge is 0.342 e. The monoisotopic (exact) mass is 424 g/mol. The van der Waals surface area contributed by atoms with Crippen molar-refractivity contribution in [3.05, 3.63) is 30.1 Å². The number of piperidine rings is 1. The zero-order valence-corrected chi connectivity index (χ0v) is 18.0. The van der Waals surface area contributed by atoms with E-state index in [4.69, 9.17) is 0 Å². The molecule has 2 N–H and O–H groups in total. The molecule has 3 rings (SSSR count). The molecule has 1 aromatic heterocycles. The third-order valence-electron chi connectivity index (χ3n) is 5.14. The van der Waals surface area contributed by atoms with E-state index in [2.05, 4.69) is 14.7 Å². The first-order valence-corrected chi connectivity index (χ1v) is 12.7. The molecule has 2 unspecified atom stereocenters. The highest BCUT2D eigenvalue weighted by molar-refractivity contribution is 7.98. The predicted molar refractivity (Wildman–Crippen MR) is 114 cm³/mol. The maximum Gasteiger partial charge on any atom is 0.240 e. The maximum absolute atomic E-state index is 13.1. The molecule has 154 valence electrons. The van der Waals surface area contributed by atoms with Crippen LogP contribution in [0.3, 0.4) is 0 Å². The first kappa shape index (κ1) is 21.1. The Labute approximate surface area is 170 Å². The number of nitrogens with one attached hydrogen (secondary N) is 2. The highest BCUT2D eigenvalue weighted by atomic mass is 32.2. The normalized spacial score (nSPS) is 19.1. The summed E-state index contributed by atoms with van der Waals surface area (Å²) in [6, 6.07) is 7.19. The molecule has 9 heteroatoms. The van der Waals surface area contributed by atoms with Crippen molar-refractivity contribution in [3.63, 3.8) is 0 Å². The minimum Gasteiger partial charge on any atom is -0.342 e. The zero-order chi connectivity index (χ0) is 20.1. The lowest BCUT2D eigenvalue weighted by atomic mass is 9.96. The first-order valence-electron chi connectivity index (χ1n) is 9.66. The van der Waals surface area contributed by atoms with E-state index in [0.29, 0.717) is 19.5 Å². The minimum absolute atomic E-state index is 0.0301. The minimum atomic E-state index is -3.44. The number of rotatable bonds is 8. The second-order valence-corrected chi connectivity index (χ2v) is 10.1. The molecule has 1 fully saturated rings. The first-order chi connectivity index (χ1) is 13.4. The molecule has 0 radical (unpaired) electrons. The van der Waals surface area contributed by atoms with Crippen LogP contribution in [0.25, 0.3) is 11.0 Å². The van der Waals surface area contributed by atoms with Gasteiger partial charge in [0.1, 0.15) is 11.9 Å². The number of likely N-dealkylation sites (tertiary alicyclic amines) is 1. The molecule has 0 bridgehead atoms. The number of aromatic amines is 1. The van der Waals surface area contributed by atoms with Crippen molar-refractivity contribution in [1.29, 1.82) is 0 Å². The topological polar surface area (TPSA) is 95.2 Å². The number of hydrogen-bond donors (Lipinski definition) is 2. The van der Waals surface area contributed by atoms with E-state index in [1.165, 1.54) is 0 Å². The molecule has 2 atom stereocenters.